The molecule has 1 aromatic carbocycles. The molecule has 0 saturated carbocycles. The minimum absolute atomic E-state index is 0.164. The molecule has 0 fully saturated rings. The molecule has 0 radical (unpaired) electrons. The van der Waals surface area contributed by atoms with Crippen molar-refractivity contribution in [3.63, 3.8) is 0 Å². The number of aliphatic hydroxyl groups is 1. The van der Waals surface area contributed by atoms with Crippen LogP contribution in [0.3, 0.4) is 0 Å². The van der Waals surface area contributed by atoms with E-state index < -0.39 is 11.7 Å². The van der Waals surface area contributed by atoms with E-state index in [4.69, 9.17) is 4.74 Å². The average molecular weight is 354 g/mol. The van der Waals surface area contributed by atoms with E-state index in [1.165, 1.54) is 0 Å². The third-order valence-corrected chi connectivity index (χ3v) is 3.64. The molecule has 0 spiro atoms. The quantitative estimate of drug-likeness (QED) is 0.752. The number of amides is 1. The Balaban J connectivity index is 1.80. The van der Waals surface area contributed by atoms with Crippen LogP contribution >= 0.6 is 0 Å². The zero-order valence-electron chi connectivity index (χ0n) is 15.1. The van der Waals surface area contributed by atoms with Gasteiger partial charge < -0.3 is 15.2 Å². The molecule has 7 nitrogen and oxygen atoms in total. The zero-order chi connectivity index (χ0) is 18.7. The first kappa shape index (κ1) is 17.9. The molecule has 3 aromatic rings. The van der Waals surface area contributed by atoms with Crippen LogP contribution in [0.4, 0.5) is 4.79 Å². The fraction of sp³-hybridized carbons (Fsp3) is 0.316. The third-order valence-electron chi connectivity index (χ3n) is 3.64. The monoisotopic (exact) mass is 354 g/mol. The summed E-state index contributed by atoms with van der Waals surface area (Å²) >= 11 is 0. The molecule has 1 amide bonds. The summed E-state index contributed by atoms with van der Waals surface area (Å²) in [5, 5.41) is 16.8. The van der Waals surface area contributed by atoms with Gasteiger partial charge in [-0.2, -0.15) is 0 Å². The van der Waals surface area contributed by atoms with Crippen molar-refractivity contribution < 1.29 is 14.6 Å². The average Bonchev–Trinajstić information content (AvgIpc) is 3.06. The van der Waals surface area contributed by atoms with Gasteiger partial charge in [-0.05, 0) is 44.5 Å². The van der Waals surface area contributed by atoms with Gasteiger partial charge in [0.05, 0.1) is 17.8 Å². The number of nitrogens with one attached hydrogen (secondary N) is 1. The minimum Gasteiger partial charge on any atom is -0.444 e. The fourth-order valence-electron chi connectivity index (χ4n) is 2.54. The lowest BCUT2D eigenvalue weighted by atomic mass is 10.1. The number of carbonyl (C=O) groups excluding carboxylic acids is 1. The Morgan fingerprint density at radius 1 is 1.27 bits per heavy atom. The maximum atomic E-state index is 11.8. The number of alkyl carbamates (subject to hydrolysis) is 1. The predicted octanol–water partition coefficient (Wildman–Crippen LogP) is 2.91. The molecule has 2 N–H and O–H groups in total. The number of aromatic nitrogens is 3. The highest BCUT2D eigenvalue weighted by Crippen LogP contribution is 2.19. The molecular formula is C19H22N4O3. The molecule has 0 aliphatic heterocycles. The number of carbonyl (C=O) groups is 1. The van der Waals surface area contributed by atoms with Crippen LogP contribution in [0.25, 0.3) is 16.9 Å². The van der Waals surface area contributed by atoms with Crippen molar-refractivity contribution in [1.82, 2.24) is 19.9 Å². The van der Waals surface area contributed by atoms with E-state index in [2.05, 4.69) is 15.4 Å². The highest BCUT2D eigenvalue weighted by Gasteiger charge is 2.16. The minimum atomic E-state index is -0.535. The van der Waals surface area contributed by atoms with Gasteiger partial charge in [0.15, 0.2) is 5.82 Å². The third kappa shape index (κ3) is 4.18. The van der Waals surface area contributed by atoms with Crippen molar-refractivity contribution >= 4 is 11.6 Å². The van der Waals surface area contributed by atoms with Gasteiger partial charge in [-0.1, -0.05) is 18.2 Å². The highest BCUT2D eigenvalue weighted by atomic mass is 16.6. The molecule has 26 heavy (non-hydrogen) atoms. The maximum Gasteiger partial charge on any atom is 0.407 e. The van der Waals surface area contributed by atoms with E-state index in [0.717, 1.165) is 16.6 Å². The second-order valence-corrected chi connectivity index (χ2v) is 6.93. The number of hydrogen-bond donors (Lipinski definition) is 2. The van der Waals surface area contributed by atoms with E-state index >= 15 is 0 Å². The molecular weight excluding hydrogens is 332 g/mol. The number of aliphatic hydroxyl groups excluding tert-OH is 1. The van der Waals surface area contributed by atoms with Crippen molar-refractivity contribution in [1.29, 1.82) is 0 Å². The molecule has 0 atom stereocenters. The molecule has 7 heteroatoms. The normalized spacial score (nSPS) is 11.5. The molecule has 0 bridgehead atoms. The lowest BCUT2D eigenvalue weighted by Gasteiger charge is -2.19. The topological polar surface area (TPSA) is 88.8 Å². The Morgan fingerprint density at radius 2 is 2.08 bits per heavy atom. The van der Waals surface area contributed by atoms with Crippen molar-refractivity contribution in [3.8, 4) is 11.4 Å². The van der Waals surface area contributed by atoms with Gasteiger partial charge in [0.1, 0.15) is 5.60 Å². The van der Waals surface area contributed by atoms with E-state index in [1.807, 2.05) is 63.4 Å². The molecule has 2 heterocycles. The van der Waals surface area contributed by atoms with Crippen LogP contribution in [-0.2, 0) is 17.9 Å². The number of nitrogens with zero attached hydrogens (tertiary/aromatic N) is 3. The maximum absolute atomic E-state index is 11.8. The van der Waals surface area contributed by atoms with Crippen LogP contribution in [0.2, 0.25) is 0 Å². The van der Waals surface area contributed by atoms with Gasteiger partial charge in [0, 0.05) is 18.3 Å². The standard InChI is InChI=1S/C19H22N4O3/c1-19(2,3)26-18(25)20-11-13-6-4-7-14(10-13)17-21-15(12-24)16-8-5-9-23(16)22-17/h4-10,24H,11-12H2,1-3H3,(H,20,25). The second kappa shape index (κ2) is 7.13. The van der Waals surface area contributed by atoms with Gasteiger partial charge in [0.25, 0.3) is 0 Å². The van der Waals surface area contributed by atoms with Crippen molar-refractivity contribution in [2.45, 2.75) is 39.5 Å². The molecule has 0 aliphatic carbocycles. The fourth-order valence-corrected chi connectivity index (χ4v) is 2.54. The number of ether oxygens (including phenoxy) is 1. The molecule has 0 saturated heterocycles. The lowest BCUT2D eigenvalue weighted by Crippen LogP contribution is -2.32. The Bertz CT molecular complexity index is 928. The number of rotatable bonds is 4. The van der Waals surface area contributed by atoms with E-state index in [1.54, 1.807) is 4.52 Å². The molecule has 0 aliphatic rings. The summed E-state index contributed by atoms with van der Waals surface area (Å²) in [4.78, 5) is 16.3. The van der Waals surface area contributed by atoms with Gasteiger partial charge >= 0.3 is 6.09 Å². The summed E-state index contributed by atoms with van der Waals surface area (Å²) in [5.41, 5.74) is 2.51. The van der Waals surface area contributed by atoms with Crippen molar-refractivity contribution in [3.05, 3.63) is 53.9 Å². The van der Waals surface area contributed by atoms with Crippen LogP contribution in [0.5, 0.6) is 0 Å². The SMILES string of the molecule is CC(C)(C)OC(=O)NCc1cccc(-c2nc(CO)c3cccn3n2)c1. The van der Waals surface area contributed by atoms with Gasteiger partial charge in [-0.15, -0.1) is 5.10 Å². The molecule has 3 rings (SSSR count). The number of fused-ring (bicyclic) bond motifs is 1. The Kier molecular flexibility index (Phi) is 4.90. The summed E-state index contributed by atoms with van der Waals surface area (Å²) in [7, 11) is 0. The van der Waals surface area contributed by atoms with Gasteiger partial charge in [0.2, 0.25) is 0 Å². The van der Waals surface area contributed by atoms with Gasteiger partial charge in [-0.25, -0.2) is 14.3 Å². The number of benzene rings is 1. The predicted molar refractivity (Wildman–Crippen MR) is 97.4 cm³/mol. The molecule has 2 aromatic heterocycles. The second-order valence-electron chi connectivity index (χ2n) is 6.93. The largest absolute Gasteiger partial charge is 0.444 e. The summed E-state index contributed by atoms with van der Waals surface area (Å²) in [6.45, 7) is 5.63. The zero-order valence-corrected chi connectivity index (χ0v) is 15.1. The summed E-state index contributed by atoms with van der Waals surface area (Å²) in [6.07, 6.45) is 1.35. The lowest BCUT2D eigenvalue weighted by molar-refractivity contribution is 0.0523. The van der Waals surface area contributed by atoms with Gasteiger partial charge in [-0.3, -0.25) is 0 Å². The smallest absolute Gasteiger partial charge is 0.407 e. The first-order valence-electron chi connectivity index (χ1n) is 8.37. The summed E-state index contributed by atoms with van der Waals surface area (Å²) in [5.74, 6) is 0.511. The first-order chi connectivity index (χ1) is 12.4. The van der Waals surface area contributed by atoms with Crippen LogP contribution in [-0.4, -0.2) is 31.4 Å². The van der Waals surface area contributed by atoms with Crippen molar-refractivity contribution in [2.75, 3.05) is 0 Å². The number of hydrogen-bond acceptors (Lipinski definition) is 5. The summed E-state index contributed by atoms with van der Waals surface area (Å²) in [6, 6.07) is 11.3. The van der Waals surface area contributed by atoms with Crippen LogP contribution in [0, 0.1) is 0 Å². The Hall–Kier alpha value is -2.93. The molecule has 136 valence electrons. The van der Waals surface area contributed by atoms with Crippen LogP contribution in [0.15, 0.2) is 42.6 Å². The Morgan fingerprint density at radius 3 is 2.81 bits per heavy atom. The van der Waals surface area contributed by atoms with E-state index in [-0.39, 0.29) is 6.61 Å². The highest BCUT2D eigenvalue weighted by molar-refractivity contribution is 5.68. The molecule has 0 unspecified atom stereocenters. The Labute approximate surface area is 151 Å². The van der Waals surface area contributed by atoms with Crippen LogP contribution in [0.1, 0.15) is 32.0 Å². The summed E-state index contributed by atoms with van der Waals surface area (Å²) < 4.78 is 6.93. The van der Waals surface area contributed by atoms with Crippen LogP contribution < -0.4 is 5.32 Å². The first-order valence-corrected chi connectivity index (χ1v) is 8.37. The van der Waals surface area contributed by atoms with Crippen molar-refractivity contribution in [2.24, 2.45) is 0 Å². The van der Waals surface area contributed by atoms with E-state index in [0.29, 0.717) is 18.1 Å². The van der Waals surface area contributed by atoms with E-state index in [9.17, 15) is 9.90 Å².